The van der Waals surface area contributed by atoms with Gasteiger partial charge in [-0.25, -0.2) is 0 Å². The second-order valence-corrected chi connectivity index (χ2v) is 12.8. The number of fused-ring (bicyclic) bond motifs is 4. The predicted molar refractivity (Wildman–Crippen MR) is 215 cm³/mol. The van der Waals surface area contributed by atoms with Crippen molar-refractivity contribution in [3.8, 4) is 67.8 Å². The minimum atomic E-state index is -2.29. The molecule has 1 radical (unpaired) electrons. The van der Waals surface area contributed by atoms with Gasteiger partial charge in [-0.2, -0.15) is 0 Å². The van der Waals surface area contributed by atoms with Crippen molar-refractivity contribution in [3.05, 3.63) is 187 Å². The molecular formula is C48H33BIrN2O2-2. The van der Waals surface area contributed by atoms with Crippen molar-refractivity contribution in [2.24, 2.45) is 0 Å². The van der Waals surface area contributed by atoms with Crippen molar-refractivity contribution in [3.63, 3.8) is 0 Å². The number of rotatable bonds is 4. The Bertz CT molecular complexity index is 2790. The summed E-state index contributed by atoms with van der Waals surface area (Å²) in [6, 6.07) is 54.6. The van der Waals surface area contributed by atoms with Gasteiger partial charge in [0.25, 0.3) is 0 Å². The number of ether oxygens (including phenoxy) is 2. The van der Waals surface area contributed by atoms with Crippen LogP contribution in [0.2, 0.25) is 0 Å². The standard InChI is InChI=1S/C29H17BNO2.C19H16N.Ir/c1-2-8-19(9-3-1)20-14-16-24(31-18-20)21-15-17-27-28-29(21)33-26-13-7-5-11-23(26)30(28)22-10-4-6-12-25(22)32-27;1-14-8-10-17(11-9-14)19-12-18(15(2)13-20-19)16-6-4-3-5-7-16;/h1-14,16-18H;3-10,12-13H,1-2H3;/q2*-1;/i;1D3,2D3;. The minimum Gasteiger partial charge on any atom is -0.503 e. The van der Waals surface area contributed by atoms with E-state index in [2.05, 4.69) is 59.6 Å². The molecule has 0 bridgehead atoms. The van der Waals surface area contributed by atoms with Gasteiger partial charge in [0, 0.05) is 52.2 Å². The zero-order valence-corrected chi connectivity index (χ0v) is 31.1. The Labute approximate surface area is 338 Å². The number of benzene rings is 6. The fraction of sp³-hybridized carbons (Fsp3) is 0.0417. The quantitative estimate of drug-likeness (QED) is 0.131. The van der Waals surface area contributed by atoms with Crippen molar-refractivity contribution in [2.75, 3.05) is 0 Å². The molecule has 2 aliphatic rings. The van der Waals surface area contributed by atoms with E-state index in [4.69, 9.17) is 22.7 Å². The summed E-state index contributed by atoms with van der Waals surface area (Å²) in [7, 11) is 0. The first-order chi connectivity index (χ1) is 28.5. The summed E-state index contributed by atoms with van der Waals surface area (Å²) in [5.74, 6) is 3.29. The molecule has 2 aliphatic heterocycles. The van der Waals surface area contributed by atoms with Crippen LogP contribution in [-0.4, -0.2) is 16.7 Å². The van der Waals surface area contributed by atoms with Gasteiger partial charge < -0.3 is 19.4 Å². The third-order valence-electron chi connectivity index (χ3n) is 9.47. The largest absolute Gasteiger partial charge is 0.503 e. The molecule has 0 saturated heterocycles. The van der Waals surface area contributed by atoms with Gasteiger partial charge in [0.1, 0.15) is 11.5 Å². The van der Waals surface area contributed by atoms with Gasteiger partial charge in [0.05, 0.1) is 0 Å². The Morgan fingerprint density at radius 3 is 1.93 bits per heavy atom. The van der Waals surface area contributed by atoms with Gasteiger partial charge in [0.2, 0.25) is 6.71 Å². The molecule has 4 heterocycles. The third kappa shape index (κ3) is 6.67. The number of aromatic nitrogens is 2. The first-order valence-corrected chi connectivity index (χ1v) is 17.3. The molecule has 2 aromatic heterocycles. The zero-order valence-electron chi connectivity index (χ0n) is 34.7. The van der Waals surface area contributed by atoms with Gasteiger partial charge in [-0.3, -0.25) is 0 Å². The maximum Gasteiger partial charge on any atom is 0.239 e. The minimum absolute atomic E-state index is 0. The average Bonchev–Trinajstić information content (AvgIpc) is 3.26. The van der Waals surface area contributed by atoms with Crippen LogP contribution in [0.1, 0.15) is 19.4 Å². The molecule has 0 saturated carbocycles. The molecule has 0 unspecified atom stereocenters. The normalized spacial score (nSPS) is 13.7. The molecule has 10 rings (SSSR count). The Morgan fingerprint density at radius 2 is 1.26 bits per heavy atom. The summed E-state index contributed by atoms with van der Waals surface area (Å²) in [4.78, 5) is 9.04. The topological polar surface area (TPSA) is 44.2 Å². The smallest absolute Gasteiger partial charge is 0.239 e. The molecule has 54 heavy (non-hydrogen) atoms. The van der Waals surface area contributed by atoms with Gasteiger partial charge in [-0.05, 0) is 69.1 Å². The van der Waals surface area contributed by atoms with Crippen LogP contribution in [0, 0.1) is 25.8 Å². The molecule has 0 aliphatic carbocycles. The molecular weight excluding hydrogens is 840 g/mol. The van der Waals surface area contributed by atoms with Gasteiger partial charge in [-0.1, -0.05) is 133 Å². The van der Waals surface area contributed by atoms with Crippen LogP contribution in [0.4, 0.5) is 0 Å². The van der Waals surface area contributed by atoms with Crippen LogP contribution >= 0.6 is 0 Å². The zero-order chi connectivity index (χ0) is 40.7. The van der Waals surface area contributed by atoms with Crippen LogP contribution in [0.5, 0.6) is 23.0 Å². The van der Waals surface area contributed by atoms with Crippen LogP contribution in [0.15, 0.2) is 164 Å². The number of para-hydroxylation sites is 2. The van der Waals surface area contributed by atoms with E-state index in [0.717, 1.165) is 67.3 Å². The summed E-state index contributed by atoms with van der Waals surface area (Å²) >= 11 is 0. The van der Waals surface area contributed by atoms with E-state index in [0.29, 0.717) is 16.8 Å². The fourth-order valence-corrected chi connectivity index (χ4v) is 6.90. The van der Waals surface area contributed by atoms with E-state index < -0.39 is 13.7 Å². The SMILES string of the molecule is [2H]C([2H])([2H])c1c[c-]c(-c2cc(-c3ccccc3)c(C([2H])([2H])[2H])cn2)cc1.[Ir].[c-]1cc2c3c(c1-c1ccc(-c4ccccc4)cn1)Oc1ccccc1B3c1ccccc1O2. The number of hydrogen-bond donors (Lipinski definition) is 0. The Morgan fingerprint density at radius 1 is 0.574 bits per heavy atom. The monoisotopic (exact) mass is 879 g/mol. The number of aryl methyl sites for hydroxylation is 2. The Hall–Kier alpha value is -6.07. The Balaban J connectivity index is 0.000000169. The summed E-state index contributed by atoms with van der Waals surface area (Å²) in [6.45, 7) is -4.43. The van der Waals surface area contributed by atoms with Crippen LogP contribution in [-0.2, 0) is 20.1 Å². The maximum atomic E-state index is 7.76. The first kappa shape index (κ1) is 28.4. The van der Waals surface area contributed by atoms with E-state index in [1.54, 1.807) is 12.1 Å². The van der Waals surface area contributed by atoms with Crippen molar-refractivity contribution < 1.29 is 37.8 Å². The molecule has 0 fully saturated rings. The maximum absolute atomic E-state index is 7.76. The summed E-state index contributed by atoms with van der Waals surface area (Å²) < 4.78 is 58.3. The molecule has 8 aromatic rings. The van der Waals surface area contributed by atoms with E-state index in [1.807, 2.05) is 91.1 Å². The van der Waals surface area contributed by atoms with Gasteiger partial charge in [-0.15, -0.1) is 47.5 Å². The summed E-state index contributed by atoms with van der Waals surface area (Å²) in [6.07, 6.45) is 3.26. The van der Waals surface area contributed by atoms with Crippen molar-refractivity contribution >= 4 is 23.1 Å². The van der Waals surface area contributed by atoms with Crippen molar-refractivity contribution in [2.45, 2.75) is 13.7 Å². The van der Waals surface area contributed by atoms with Crippen LogP contribution < -0.4 is 25.9 Å². The second-order valence-electron chi connectivity index (χ2n) is 12.8. The van der Waals surface area contributed by atoms with Crippen molar-refractivity contribution in [1.82, 2.24) is 9.97 Å². The average molecular weight is 879 g/mol. The number of hydrogen-bond acceptors (Lipinski definition) is 4. The van der Waals surface area contributed by atoms with Gasteiger partial charge in [0.15, 0.2) is 0 Å². The Kier molecular flexibility index (Phi) is 7.96. The molecule has 6 aromatic carbocycles. The second kappa shape index (κ2) is 15.1. The molecule has 261 valence electrons. The summed E-state index contributed by atoms with van der Waals surface area (Å²) in [5, 5.41) is 0. The fourth-order valence-electron chi connectivity index (χ4n) is 6.90. The molecule has 0 N–H and O–H groups in total. The number of pyridine rings is 2. The van der Waals surface area contributed by atoms with E-state index in [9.17, 15) is 0 Å². The molecule has 6 heteroatoms. The van der Waals surface area contributed by atoms with Gasteiger partial charge >= 0.3 is 0 Å². The first-order valence-electron chi connectivity index (χ1n) is 20.3. The van der Waals surface area contributed by atoms with Crippen molar-refractivity contribution in [1.29, 1.82) is 0 Å². The molecule has 0 spiro atoms. The van der Waals surface area contributed by atoms with E-state index >= 15 is 0 Å². The predicted octanol–water partition coefficient (Wildman–Crippen LogP) is 9.77. The van der Waals surface area contributed by atoms with Crippen LogP contribution in [0.25, 0.3) is 44.8 Å². The van der Waals surface area contributed by atoms with E-state index in [1.165, 1.54) is 18.3 Å². The van der Waals surface area contributed by atoms with E-state index in [-0.39, 0.29) is 37.9 Å². The molecule has 0 amide bonds. The number of nitrogens with zero attached hydrogens (tertiary/aromatic N) is 2. The third-order valence-corrected chi connectivity index (χ3v) is 9.47. The molecule has 0 atom stereocenters. The van der Waals surface area contributed by atoms with Crippen LogP contribution in [0.3, 0.4) is 0 Å². The summed E-state index contributed by atoms with van der Waals surface area (Å²) in [5.41, 5.74) is 10.1. The molecule has 4 nitrogen and oxygen atoms in total.